The fourth-order valence-electron chi connectivity index (χ4n) is 1.98. The van der Waals surface area contributed by atoms with E-state index in [2.05, 4.69) is 30.1 Å². The first-order valence-electron chi connectivity index (χ1n) is 6.89. The van der Waals surface area contributed by atoms with E-state index in [0.717, 1.165) is 22.9 Å². The maximum absolute atomic E-state index is 8.98. The quantitative estimate of drug-likeness (QED) is 0.594. The summed E-state index contributed by atoms with van der Waals surface area (Å²) in [5, 5.41) is 10.0. The Morgan fingerprint density at radius 1 is 1.24 bits per heavy atom. The third-order valence-electron chi connectivity index (χ3n) is 2.88. The Morgan fingerprint density at radius 2 is 2.05 bits per heavy atom. The van der Waals surface area contributed by atoms with Crippen LogP contribution in [0.1, 0.15) is 23.2 Å². The minimum absolute atomic E-state index is 0.584. The Bertz CT molecular complexity index is 629. The fourth-order valence-corrected chi connectivity index (χ4v) is 2.93. The first-order chi connectivity index (χ1) is 10.2. The average Bonchev–Trinajstić information content (AvgIpc) is 2.46. The SMILES string of the molecule is Cc1cc(C)nc(SCCCOc2ccccc2C#N)c1. The van der Waals surface area contributed by atoms with Crippen molar-refractivity contribution < 1.29 is 4.74 Å². The number of aryl methyl sites for hydroxylation is 2. The van der Waals surface area contributed by atoms with Crippen LogP contribution in [0.3, 0.4) is 0 Å². The van der Waals surface area contributed by atoms with Crippen LogP contribution in [0.5, 0.6) is 5.75 Å². The molecule has 108 valence electrons. The average molecular weight is 298 g/mol. The molecule has 21 heavy (non-hydrogen) atoms. The number of ether oxygens (including phenoxy) is 1. The van der Waals surface area contributed by atoms with Crippen LogP contribution in [0.15, 0.2) is 41.4 Å². The molecular formula is C17H18N2OS. The van der Waals surface area contributed by atoms with Crippen LogP contribution in [-0.4, -0.2) is 17.3 Å². The van der Waals surface area contributed by atoms with Crippen molar-refractivity contribution in [1.29, 1.82) is 5.26 Å². The fraction of sp³-hybridized carbons (Fsp3) is 0.294. The highest BCUT2D eigenvalue weighted by Crippen LogP contribution is 2.20. The number of benzene rings is 1. The van der Waals surface area contributed by atoms with E-state index in [-0.39, 0.29) is 0 Å². The molecule has 0 bridgehead atoms. The van der Waals surface area contributed by atoms with Gasteiger partial charge in [0.15, 0.2) is 0 Å². The Hall–Kier alpha value is -1.99. The summed E-state index contributed by atoms with van der Waals surface area (Å²) in [6, 6.07) is 13.6. The molecule has 0 unspecified atom stereocenters. The molecule has 0 amide bonds. The van der Waals surface area contributed by atoms with E-state index in [1.54, 1.807) is 17.8 Å². The van der Waals surface area contributed by atoms with Crippen LogP contribution in [0.4, 0.5) is 0 Å². The molecular weight excluding hydrogens is 280 g/mol. The summed E-state index contributed by atoms with van der Waals surface area (Å²) in [6.07, 6.45) is 0.916. The lowest BCUT2D eigenvalue weighted by Gasteiger charge is -2.07. The first-order valence-corrected chi connectivity index (χ1v) is 7.87. The molecule has 0 saturated heterocycles. The topological polar surface area (TPSA) is 45.9 Å². The lowest BCUT2D eigenvalue weighted by molar-refractivity contribution is 0.318. The molecule has 0 atom stereocenters. The van der Waals surface area contributed by atoms with Gasteiger partial charge < -0.3 is 4.74 Å². The van der Waals surface area contributed by atoms with Gasteiger partial charge in [-0.15, -0.1) is 11.8 Å². The van der Waals surface area contributed by atoms with Gasteiger partial charge in [0.25, 0.3) is 0 Å². The summed E-state index contributed by atoms with van der Waals surface area (Å²) in [7, 11) is 0. The Labute approximate surface area is 130 Å². The molecule has 3 nitrogen and oxygen atoms in total. The Kier molecular flexibility index (Phi) is 5.65. The molecule has 0 fully saturated rings. The minimum atomic E-state index is 0.584. The summed E-state index contributed by atoms with van der Waals surface area (Å²) in [5.74, 6) is 1.61. The lowest BCUT2D eigenvalue weighted by atomic mass is 10.2. The van der Waals surface area contributed by atoms with Crippen molar-refractivity contribution in [1.82, 2.24) is 4.98 Å². The van der Waals surface area contributed by atoms with E-state index in [0.29, 0.717) is 17.9 Å². The Balaban J connectivity index is 1.76. The van der Waals surface area contributed by atoms with Gasteiger partial charge in [-0.3, -0.25) is 0 Å². The summed E-state index contributed by atoms with van der Waals surface area (Å²) in [4.78, 5) is 4.50. The number of rotatable bonds is 6. The first kappa shape index (κ1) is 15.4. The van der Waals surface area contributed by atoms with Gasteiger partial charge in [-0.05, 0) is 50.1 Å². The maximum Gasteiger partial charge on any atom is 0.137 e. The minimum Gasteiger partial charge on any atom is -0.492 e. The van der Waals surface area contributed by atoms with Crippen molar-refractivity contribution in [3.8, 4) is 11.8 Å². The van der Waals surface area contributed by atoms with Crippen LogP contribution in [-0.2, 0) is 0 Å². The lowest BCUT2D eigenvalue weighted by Crippen LogP contribution is -2.00. The van der Waals surface area contributed by atoms with Crippen molar-refractivity contribution in [2.75, 3.05) is 12.4 Å². The molecule has 1 aromatic heterocycles. The molecule has 2 aromatic rings. The monoisotopic (exact) mass is 298 g/mol. The number of nitriles is 1. The third kappa shape index (κ3) is 4.80. The summed E-state index contributed by atoms with van der Waals surface area (Å²) >= 11 is 1.74. The van der Waals surface area contributed by atoms with Crippen LogP contribution in [0.2, 0.25) is 0 Å². The van der Waals surface area contributed by atoms with E-state index in [1.807, 2.05) is 25.1 Å². The number of hydrogen-bond acceptors (Lipinski definition) is 4. The van der Waals surface area contributed by atoms with E-state index >= 15 is 0 Å². The van der Waals surface area contributed by atoms with Crippen LogP contribution in [0, 0.1) is 25.2 Å². The van der Waals surface area contributed by atoms with Gasteiger partial charge >= 0.3 is 0 Å². The number of nitrogens with zero attached hydrogens (tertiary/aromatic N) is 2. The highest BCUT2D eigenvalue weighted by Gasteiger charge is 2.02. The molecule has 0 saturated carbocycles. The number of hydrogen-bond donors (Lipinski definition) is 0. The van der Waals surface area contributed by atoms with Crippen LogP contribution < -0.4 is 4.74 Å². The predicted molar refractivity (Wildman–Crippen MR) is 85.7 cm³/mol. The zero-order chi connectivity index (χ0) is 15.1. The van der Waals surface area contributed by atoms with Crippen LogP contribution >= 0.6 is 11.8 Å². The summed E-state index contributed by atoms with van der Waals surface area (Å²) in [6.45, 7) is 4.70. The third-order valence-corrected chi connectivity index (χ3v) is 3.88. The second kappa shape index (κ2) is 7.70. The highest BCUT2D eigenvalue weighted by atomic mass is 32.2. The van der Waals surface area contributed by atoms with Gasteiger partial charge in [-0.2, -0.15) is 5.26 Å². The zero-order valence-electron chi connectivity index (χ0n) is 12.3. The van der Waals surface area contributed by atoms with E-state index < -0.39 is 0 Å². The Morgan fingerprint density at radius 3 is 2.81 bits per heavy atom. The zero-order valence-corrected chi connectivity index (χ0v) is 13.1. The molecule has 1 aromatic carbocycles. The number of para-hydroxylation sites is 1. The van der Waals surface area contributed by atoms with Crippen molar-refractivity contribution in [2.24, 2.45) is 0 Å². The maximum atomic E-state index is 8.98. The number of thioether (sulfide) groups is 1. The van der Waals surface area contributed by atoms with Crippen molar-refractivity contribution in [3.63, 3.8) is 0 Å². The van der Waals surface area contributed by atoms with Gasteiger partial charge in [0.2, 0.25) is 0 Å². The van der Waals surface area contributed by atoms with Gasteiger partial charge in [0, 0.05) is 11.4 Å². The van der Waals surface area contributed by atoms with Gasteiger partial charge in [0.1, 0.15) is 11.8 Å². The van der Waals surface area contributed by atoms with Gasteiger partial charge in [-0.25, -0.2) is 4.98 Å². The van der Waals surface area contributed by atoms with E-state index in [9.17, 15) is 0 Å². The smallest absolute Gasteiger partial charge is 0.137 e. The normalized spacial score (nSPS) is 10.1. The van der Waals surface area contributed by atoms with Crippen molar-refractivity contribution in [2.45, 2.75) is 25.3 Å². The summed E-state index contributed by atoms with van der Waals surface area (Å²) < 4.78 is 5.66. The largest absolute Gasteiger partial charge is 0.492 e. The number of aromatic nitrogens is 1. The summed E-state index contributed by atoms with van der Waals surface area (Å²) in [5.41, 5.74) is 2.88. The van der Waals surface area contributed by atoms with Gasteiger partial charge in [0.05, 0.1) is 17.2 Å². The molecule has 4 heteroatoms. The van der Waals surface area contributed by atoms with Crippen molar-refractivity contribution in [3.05, 3.63) is 53.2 Å². The highest BCUT2D eigenvalue weighted by molar-refractivity contribution is 7.99. The number of pyridine rings is 1. The molecule has 1 heterocycles. The molecule has 0 spiro atoms. The second-order valence-electron chi connectivity index (χ2n) is 4.78. The molecule has 0 aliphatic carbocycles. The standard InChI is InChI=1S/C17H18N2OS/c1-13-10-14(2)19-17(11-13)21-9-5-8-20-16-7-4-3-6-15(16)12-18/h3-4,6-7,10-11H,5,8-9H2,1-2H3. The van der Waals surface area contributed by atoms with E-state index in [4.69, 9.17) is 10.00 Å². The van der Waals surface area contributed by atoms with E-state index in [1.165, 1.54) is 5.56 Å². The molecule has 0 aliphatic heterocycles. The predicted octanol–water partition coefficient (Wildman–Crippen LogP) is 4.13. The van der Waals surface area contributed by atoms with Crippen molar-refractivity contribution >= 4 is 11.8 Å². The second-order valence-corrected chi connectivity index (χ2v) is 5.90. The van der Waals surface area contributed by atoms with Gasteiger partial charge in [-0.1, -0.05) is 12.1 Å². The molecule has 0 aliphatic rings. The van der Waals surface area contributed by atoms with Crippen LogP contribution in [0.25, 0.3) is 0 Å². The molecule has 2 rings (SSSR count). The molecule has 0 N–H and O–H groups in total. The molecule has 0 radical (unpaired) electrons.